The van der Waals surface area contributed by atoms with E-state index < -0.39 is 0 Å². The zero-order valence-electron chi connectivity index (χ0n) is 13.6. The first-order valence-corrected chi connectivity index (χ1v) is 8.47. The average molecular weight is 427 g/mol. The first kappa shape index (κ1) is 18.5. The fraction of sp³-hybridized carbons (Fsp3) is 0. The zero-order chi connectivity index (χ0) is 19.7. The molecule has 2 aliphatic carbocycles. The van der Waals surface area contributed by atoms with Crippen LogP contribution in [0.25, 0.3) is 0 Å². The van der Waals surface area contributed by atoms with Gasteiger partial charge in [0.25, 0.3) is 0 Å². The standard InChI is InChI=1S/C10H5BrO3.C10H6O3/c11-6-2-1-5-7(12)3-4-8(13)9(5)10(6)14;11-7-4-5-9(13)10-6(7)2-1-3-8(10)12/h1-4,14H;1-5,12H. The summed E-state index contributed by atoms with van der Waals surface area (Å²) in [6.45, 7) is 0. The molecule has 134 valence electrons. The van der Waals surface area contributed by atoms with E-state index in [1.807, 2.05) is 0 Å². The van der Waals surface area contributed by atoms with Gasteiger partial charge in [-0.3, -0.25) is 19.2 Å². The van der Waals surface area contributed by atoms with Crippen LogP contribution in [-0.4, -0.2) is 33.3 Å². The average Bonchev–Trinajstić information content (AvgIpc) is 2.64. The number of aromatic hydroxyl groups is 2. The molecular formula is C20H11BrO6. The van der Waals surface area contributed by atoms with E-state index in [4.69, 9.17) is 0 Å². The number of carbonyl (C=O) groups is 4. The van der Waals surface area contributed by atoms with Crippen molar-refractivity contribution < 1.29 is 29.4 Å². The van der Waals surface area contributed by atoms with Crippen LogP contribution in [0.1, 0.15) is 41.4 Å². The minimum Gasteiger partial charge on any atom is -0.507 e. The lowest BCUT2D eigenvalue weighted by Gasteiger charge is -2.11. The third-order valence-corrected chi connectivity index (χ3v) is 4.61. The second-order valence-corrected chi connectivity index (χ2v) is 6.50. The van der Waals surface area contributed by atoms with Crippen LogP contribution in [0.2, 0.25) is 0 Å². The molecule has 0 radical (unpaired) electrons. The van der Waals surface area contributed by atoms with Gasteiger partial charge in [0.1, 0.15) is 11.5 Å². The Kier molecular flexibility index (Phi) is 4.87. The molecule has 4 rings (SSSR count). The molecule has 0 amide bonds. The highest BCUT2D eigenvalue weighted by Gasteiger charge is 2.23. The van der Waals surface area contributed by atoms with Gasteiger partial charge in [0.15, 0.2) is 23.1 Å². The number of carbonyl (C=O) groups excluding carboxylic acids is 4. The van der Waals surface area contributed by atoms with Crippen molar-refractivity contribution in [2.24, 2.45) is 0 Å². The number of hydrogen-bond acceptors (Lipinski definition) is 6. The van der Waals surface area contributed by atoms with Gasteiger partial charge in [-0.2, -0.15) is 0 Å². The van der Waals surface area contributed by atoms with E-state index in [-0.39, 0.29) is 56.9 Å². The summed E-state index contributed by atoms with van der Waals surface area (Å²) in [6, 6.07) is 7.52. The molecular weight excluding hydrogens is 416 g/mol. The third-order valence-electron chi connectivity index (χ3n) is 3.97. The van der Waals surface area contributed by atoms with Crippen molar-refractivity contribution in [1.82, 2.24) is 0 Å². The Morgan fingerprint density at radius 3 is 1.74 bits per heavy atom. The molecule has 0 atom stereocenters. The Hall–Kier alpha value is -3.32. The molecule has 2 aromatic rings. The molecule has 0 aliphatic heterocycles. The quantitative estimate of drug-likeness (QED) is 0.667. The van der Waals surface area contributed by atoms with E-state index >= 15 is 0 Å². The number of hydrogen-bond donors (Lipinski definition) is 2. The van der Waals surface area contributed by atoms with Gasteiger partial charge in [0.05, 0.1) is 15.6 Å². The Labute approximate surface area is 161 Å². The minimum atomic E-state index is -0.349. The normalized spacial score (nSPS) is 14.4. The number of benzene rings is 2. The first-order chi connectivity index (χ1) is 12.8. The molecule has 0 fully saturated rings. The van der Waals surface area contributed by atoms with Gasteiger partial charge in [-0.1, -0.05) is 12.1 Å². The van der Waals surface area contributed by atoms with Crippen molar-refractivity contribution in [3.8, 4) is 11.5 Å². The summed E-state index contributed by atoms with van der Waals surface area (Å²) in [7, 11) is 0. The van der Waals surface area contributed by atoms with Crippen LogP contribution < -0.4 is 0 Å². The summed E-state index contributed by atoms with van der Waals surface area (Å²) in [5, 5.41) is 18.9. The lowest BCUT2D eigenvalue weighted by Crippen LogP contribution is -2.11. The summed E-state index contributed by atoms with van der Waals surface area (Å²) in [4.78, 5) is 45.2. The van der Waals surface area contributed by atoms with Crippen molar-refractivity contribution >= 4 is 39.1 Å². The molecule has 0 saturated heterocycles. The predicted molar refractivity (Wildman–Crippen MR) is 99.5 cm³/mol. The van der Waals surface area contributed by atoms with Crippen molar-refractivity contribution in [3.63, 3.8) is 0 Å². The molecule has 27 heavy (non-hydrogen) atoms. The monoisotopic (exact) mass is 426 g/mol. The highest BCUT2D eigenvalue weighted by Crippen LogP contribution is 2.33. The summed E-state index contributed by atoms with van der Waals surface area (Å²) >= 11 is 3.08. The maximum atomic E-state index is 11.4. The SMILES string of the molecule is O=C1C=CC(=O)c2c(O)cccc21.O=C1C=CC(=O)c2c1ccc(Br)c2O. The molecule has 0 heterocycles. The summed E-state index contributed by atoms with van der Waals surface area (Å²) in [5.74, 6) is -1.50. The van der Waals surface area contributed by atoms with Crippen molar-refractivity contribution in [3.05, 3.63) is 81.4 Å². The molecule has 0 bridgehead atoms. The molecule has 2 aliphatic rings. The number of phenols is 2. The fourth-order valence-corrected chi connectivity index (χ4v) is 3.00. The van der Waals surface area contributed by atoms with Gasteiger partial charge in [-0.05, 0) is 58.4 Å². The Morgan fingerprint density at radius 1 is 0.630 bits per heavy atom. The number of halogens is 1. The topological polar surface area (TPSA) is 109 Å². The van der Waals surface area contributed by atoms with Crippen LogP contribution in [0, 0.1) is 0 Å². The summed E-state index contributed by atoms with van der Waals surface area (Å²) < 4.78 is 0.410. The molecule has 2 N–H and O–H groups in total. The van der Waals surface area contributed by atoms with Crippen molar-refractivity contribution in [2.75, 3.05) is 0 Å². The van der Waals surface area contributed by atoms with E-state index in [1.54, 1.807) is 12.1 Å². The maximum Gasteiger partial charge on any atom is 0.190 e. The second-order valence-electron chi connectivity index (χ2n) is 5.64. The fourth-order valence-electron chi connectivity index (χ4n) is 2.67. The van der Waals surface area contributed by atoms with Crippen LogP contribution in [0.4, 0.5) is 0 Å². The molecule has 7 heteroatoms. The molecule has 0 saturated carbocycles. The summed E-state index contributed by atoms with van der Waals surface area (Å²) in [5.41, 5.74) is 0.701. The van der Waals surface area contributed by atoms with Gasteiger partial charge < -0.3 is 10.2 Å². The number of rotatable bonds is 0. The third kappa shape index (κ3) is 3.37. The van der Waals surface area contributed by atoms with Crippen LogP contribution in [0.5, 0.6) is 11.5 Å². The largest absolute Gasteiger partial charge is 0.507 e. The molecule has 2 aromatic carbocycles. The molecule has 0 spiro atoms. The van der Waals surface area contributed by atoms with Gasteiger partial charge in [0.2, 0.25) is 0 Å². The van der Waals surface area contributed by atoms with E-state index in [0.29, 0.717) is 4.47 Å². The number of fused-ring (bicyclic) bond motifs is 2. The summed E-state index contributed by atoms with van der Waals surface area (Å²) in [6.07, 6.45) is 4.75. The second kappa shape index (κ2) is 7.13. The predicted octanol–water partition coefficient (Wildman–Crippen LogP) is 3.42. The van der Waals surface area contributed by atoms with E-state index in [1.165, 1.54) is 36.4 Å². The van der Waals surface area contributed by atoms with Crippen LogP contribution in [-0.2, 0) is 0 Å². The van der Waals surface area contributed by atoms with Gasteiger partial charge in [-0.25, -0.2) is 0 Å². The van der Waals surface area contributed by atoms with E-state index in [9.17, 15) is 29.4 Å². The highest BCUT2D eigenvalue weighted by atomic mass is 79.9. The highest BCUT2D eigenvalue weighted by molar-refractivity contribution is 9.10. The zero-order valence-corrected chi connectivity index (χ0v) is 15.2. The lowest BCUT2D eigenvalue weighted by molar-refractivity contribution is 0.0991. The first-order valence-electron chi connectivity index (χ1n) is 7.68. The molecule has 6 nitrogen and oxygen atoms in total. The van der Waals surface area contributed by atoms with Crippen molar-refractivity contribution in [2.45, 2.75) is 0 Å². The van der Waals surface area contributed by atoms with Gasteiger partial charge in [0, 0.05) is 11.1 Å². The van der Waals surface area contributed by atoms with Crippen molar-refractivity contribution in [1.29, 1.82) is 0 Å². The number of allylic oxidation sites excluding steroid dienone is 4. The number of phenolic OH excluding ortho intramolecular Hbond substituents is 2. The van der Waals surface area contributed by atoms with E-state index in [2.05, 4.69) is 15.9 Å². The van der Waals surface area contributed by atoms with E-state index in [0.717, 1.165) is 6.08 Å². The molecule has 0 unspecified atom stereocenters. The van der Waals surface area contributed by atoms with Gasteiger partial charge >= 0.3 is 0 Å². The Bertz CT molecular complexity index is 1080. The van der Waals surface area contributed by atoms with Crippen LogP contribution in [0.15, 0.2) is 59.1 Å². The molecule has 0 aromatic heterocycles. The Balaban J connectivity index is 0.000000156. The smallest absolute Gasteiger partial charge is 0.190 e. The minimum absolute atomic E-state index is 0.0758. The number of ketones is 4. The van der Waals surface area contributed by atoms with Crippen LogP contribution in [0.3, 0.4) is 0 Å². The van der Waals surface area contributed by atoms with Gasteiger partial charge in [-0.15, -0.1) is 0 Å². The Morgan fingerprint density at radius 2 is 1.15 bits per heavy atom. The van der Waals surface area contributed by atoms with Crippen LogP contribution >= 0.6 is 15.9 Å². The maximum absolute atomic E-state index is 11.4. The lowest BCUT2D eigenvalue weighted by atomic mass is 9.94.